The normalized spacial score (nSPS) is 14.2. The van der Waals surface area contributed by atoms with Gasteiger partial charge in [0, 0.05) is 33.4 Å². The number of nitrogens with zero attached hydrogens (tertiary/aromatic N) is 1. The maximum atomic E-state index is 6.18. The van der Waals surface area contributed by atoms with E-state index in [4.69, 9.17) is 15.2 Å². The summed E-state index contributed by atoms with van der Waals surface area (Å²) in [6.07, 6.45) is 2.10. The Labute approximate surface area is 113 Å². The first-order valence-electron chi connectivity index (χ1n) is 6.85. The molecule has 4 heteroatoms. The van der Waals surface area contributed by atoms with Crippen molar-refractivity contribution in [1.29, 1.82) is 0 Å². The summed E-state index contributed by atoms with van der Waals surface area (Å²) in [6.45, 7) is 11.1. The van der Waals surface area contributed by atoms with Gasteiger partial charge in [0.05, 0.1) is 13.2 Å². The van der Waals surface area contributed by atoms with Crippen molar-refractivity contribution >= 4 is 0 Å². The molecule has 0 aromatic carbocycles. The third kappa shape index (κ3) is 11.0. The van der Waals surface area contributed by atoms with E-state index in [1.165, 1.54) is 0 Å². The molecule has 0 aromatic heterocycles. The van der Waals surface area contributed by atoms with Crippen LogP contribution in [0.4, 0.5) is 0 Å². The summed E-state index contributed by atoms with van der Waals surface area (Å²) in [7, 11) is 3.47. The Morgan fingerprint density at radius 3 is 1.89 bits per heavy atom. The predicted molar refractivity (Wildman–Crippen MR) is 76.9 cm³/mol. The first-order chi connectivity index (χ1) is 8.39. The van der Waals surface area contributed by atoms with Gasteiger partial charge >= 0.3 is 0 Å². The Bertz CT molecular complexity index is 185. The molecule has 0 aliphatic carbocycles. The minimum absolute atomic E-state index is 0.276. The molecule has 0 saturated heterocycles. The lowest BCUT2D eigenvalue weighted by Crippen LogP contribution is -2.36. The van der Waals surface area contributed by atoms with Crippen LogP contribution in [-0.2, 0) is 9.47 Å². The Hall–Kier alpha value is -0.160. The van der Waals surface area contributed by atoms with Crippen LogP contribution in [0.15, 0.2) is 0 Å². The molecule has 0 saturated carbocycles. The minimum Gasteiger partial charge on any atom is -0.383 e. The fourth-order valence-electron chi connectivity index (χ4n) is 2.01. The zero-order valence-corrected chi connectivity index (χ0v) is 12.9. The highest BCUT2D eigenvalue weighted by atomic mass is 16.5. The van der Waals surface area contributed by atoms with Crippen LogP contribution < -0.4 is 5.73 Å². The van der Waals surface area contributed by atoms with E-state index in [0.29, 0.717) is 5.41 Å². The fourth-order valence-corrected chi connectivity index (χ4v) is 2.01. The van der Waals surface area contributed by atoms with E-state index in [9.17, 15) is 0 Å². The van der Waals surface area contributed by atoms with Gasteiger partial charge in [-0.25, -0.2) is 0 Å². The minimum atomic E-state index is 0.276. The Morgan fingerprint density at radius 1 is 1.00 bits per heavy atom. The van der Waals surface area contributed by atoms with E-state index in [1.54, 1.807) is 14.2 Å². The van der Waals surface area contributed by atoms with Crippen LogP contribution in [-0.4, -0.2) is 58.0 Å². The molecule has 0 aliphatic rings. The summed E-state index contributed by atoms with van der Waals surface area (Å²) in [5.41, 5.74) is 6.49. The predicted octanol–water partition coefficient (Wildman–Crippen LogP) is 1.73. The Morgan fingerprint density at radius 2 is 1.50 bits per heavy atom. The van der Waals surface area contributed by atoms with Crippen molar-refractivity contribution in [3.05, 3.63) is 0 Å². The molecule has 0 bridgehead atoms. The van der Waals surface area contributed by atoms with Crippen molar-refractivity contribution in [2.75, 3.05) is 47.1 Å². The van der Waals surface area contributed by atoms with Gasteiger partial charge < -0.3 is 15.2 Å². The van der Waals surface area contributed by atoms with Crippen LogP contribution in [0.5, 0.6) is 0 Å². The molecule has 0 amide bonds. The molecule has 0 radical (unpaired) electrons. The lowest BCUT2D eigenvalue weighted by molar-refractivity contribution is 0.111. The average molecular weight is 260 g/mol. The van der Waals surface area contributed by atoms with Crippen LogP contribution >= 0.6 is 0 Å². The number of nitrogens with two attached hydrogens (primary N) is 1. The molecule has 110 valence electrons. The number of methoxy groups -OCH3 is 2. The maximum absolute atomic E-state index is 6.18. The summed E-state index contributed by atoms with van der Waals surface area (Å²) in [4.78, 5) is 2.36. The molecule has 0 spiro atoms. The van der Waals surface area contributed by atoms with E-state index in [0.717, 1.165) is 45.7 Å². The van der Waals surface area contributed by atoms with Crippen LogP contribution in [0.3, 0.4) is 0 Å². The van der Waals surface area contributed by atoms with Gasteiger partial charge in [-0.2, -0.15) is 0 Å². The summed E-state index contributed by atoms with van der Waals surface area (Å²) < 4.78 is 10.3. The van der Waals surface area contributed by atoms with E-state index in [-0.39, 0.29) is 6.04 Å². The molecule has 18 heavy (non-hydrogen) atoms. The van der Waals surface area contributed by atoms with E-state index >= 15 is 0 Å². The summed E-state index contributed by atoms with van der Waals surface area (Å²) in [6, 6.07) is 0.276. The highest BCUT2D eigenvalue weighted by molar-refractivity contribution is 4.73. The molecular formula is C14H32N2O2. The second-order valence-electron chi connectivity index (χ2n) is 6.14. The smallest absolute Gasteiger partial charge is 0.0589 e. The molecule has 1 atom stereocenters. The zero-order valence-electron chi connectivity index (χ0n) is 12.9. The van der Waals surface area contributed by atoms with Gasteiger partial charge in [0.1, 0.15) is 0 Å². The monoisotopic (exact) mass is 260 g/mol. The molecular weight excluding hydrogens is 228 g/mol. The third-order valence-electron chi connectivity index (χ3n) is 2.91. The molecule has 0 rings (SSSR count). The van der Waals surface area contributed by atoms with E-state index in [2.05, 4.69) is 25.7 Å². The number of ether oxygens (including phenoxy) is 2. The number of hydrogen-bond donors (Lipinski definition) is 1. The van der Waals surface area contributed by atoms with Crippen molar-refractivity contribution in [1.82, 2.24) is 4.90 Å². The first-order valence-corrected chi connectivity index (χ1v) is 6.85. The van der Waals surface area contributed by atoms with E-state index < -0.39 is 0 Å². The lowest BCUT2D eigenvalue weighted by atomic mass is 9.87. The maximum Gasteiger partial charge on any atom is 0.0589 e. The highest BCUT2D eigenvalue weighted by Gasteiger charge is 2.16. The second kappa shape index (κ2) is 9.73. The summed E-state index contributed by atoms with van der Waals surface area (Å²) >= 11 is 0. The molecule has 2 N–H and O–H groups in total. The van der Waals surface area contributed by atoms with Crippen molar-refractivity contribution in [3.8, 4) is 0 Å². The number of rotatable bonds is 10. The Balaban J connectivity index is 3.92. The molecule has 0 aliphatic heterocycles. The highest BCUT2D eigenvalue weighted by Crippen LogP contribution is 2.21. The third-order valence-corrected chi connectivity index (χ3v) is 2.91. The van der Waals surface area contributed by atoms with E-state index in [1.807, 2.05) is 0 Å². The molecule has 0 heterocycles. The van der Waals surface area contributed by atoms with Crippen LogP contribution in [0.1, 0.15) is 33.6 Å². The molecule has 1 unspecified atom stereocenters. The zero-order chi connectivity index (χ0) is 14.0. The topological polar surface area (TPSA) is 47.7 Å². The van der Waals surface area contributed by atoms with Gasteiger partial charge in [-0.15, -0.1) is 0 Å². The SMILES string of the molecule is COCCN(CCOC)CCC(N)CC(C)(C)C. The summed E-state index contributed by atoms with van der Waals surface area (Å²) in [5.74, 6) is 0. The van der Waals surface area contributed by atoms with Gasteiger partial charge in [0.15, 0.2) is 0 Å². The van der Waals surface area contributed by atoms with Gasteiger partial charge in [-0.3, -0.25) is 4.90 Å². The number of hydrogen-bond acceptors (Lipinski definition) is 4. The van der Waals surface area contributed by atoms with Crippen molar-refractivity contribution in [3.63, 3.8) is 0 Å². The van der Waals surface area contributed by atoms with Gasteiger partial charge in [-0.1, -0.05) is 20.8 Å². The van der Waals surface area contributed by atoms with Crippen molar-refractivity contribution in [2.45, 2.75) is 39.7 Å². The average Bonchev–Trinajstić information content (AvgIpc) is 2.25. The Kier molecular flexibility index (Phi) is 9.64. The molecule has 4 nitrogen and oxygen atoms in total. The van der Waals surface area contributed by atoms with Gasteiger partial charge in [0.2, 0.25) is 0 Å². The van der Waals surface area contributed by atoms with Crippen LogP contribution in [0.25, 0.3) is 0 Å². The summed E-state index contributed by atoms with van der Waals surface area (Å²) in [5, 5.41) is 0. The van der Waals surface area contributed by atoms with Crippen molar-refractivity contribution < 1.29 is 9.47 Å². The standard InChI is InChI=1S/C14H32N2O2/c1-14(2,3)12-13(15)6-7-16(8-10-17-4)9-11-18-5/h13H,6-12,15H2,1-5H3. The fraction of sp³-hybridized carbons (Fsp3) is 1.00. The lowest BCUT2D eigenvalue weighted by Gasteiger charge is -2.26. The van der Waals surface area contributed by atoms with Gasteiger partial charge in [0.25, 0.3) is 0 Å². The van der Waals surface area contributed by atoms with Crippen LogP contribution in [0, 0.1) is 5.41 Å². The quantitative estimate of drug-likeness (QED) is 0.650. The first kappa shape index (κ1) is 17.8. The molecule has 0 fully saturated rings. The van der Waals surface area contributed by atoms with Crippen LogP contribution in [0.2, 0.25) is 0 Å². The molecule has 0 aromatic rings. The second-order valence-corrected chi connectivity index (χ2v) is 6.14. The van der Waals surface area contributed by atoms with Crippen molar-refractivity contribution in [2.24, 2.45) is 11.1 Å². The van der Waals surface area contributed by atoms with Gasteiger partial charge in [-0.05, 0) is 24.8 Å². The largest absolute Gasteiger partial charge is 0.383 e.